The maximum absolute atomic E-state index is 12.9. The van der Waals surface area contributed by atoms with Gasteiger partial charge in [0.15, 0.2) is 0 Å². The maximum atomic E-state index is 12.9. The zero-order valence-electron chi connectivity index (χ0n) is 17.1. The van der Waals surface area contributed by atoms with E-state index >= 15 is 0 Å². The van der Waals surface area contributed by atoms with Gasteiger partial charge in [0.05, 0.1) is 29.9 Å². The summed E-state index contributed by atoms with van der Waals surface area (Å²) in [6.45, 7) is 4.71. The van der Waals surface area contributed by atoms with Crippen molar-refractivity contribution in [2.75, 3.05) is 20.3 Å². The SMILES string of the molecule is COc1ccc(/C(O)=C2/C(=O)C(=O)N(CCCOC(C)C)C2c2cccs2)cc1Cl. The highest BCUT2D eigenvalue weighted by atomic mass is 35.5. The van der Waals surface area contributed by atoms with Gasteiger partial charge in [0.25, 0.3) is 11.7 Å². The third kappa shape index (κ3) is 4.53. The van der Waals surface area contributed by atoms with E-state index in [1.165, 1.54) is 29.4 Å². The van der Waals surface area contributed by atoms with E-state index in [-0.39, 0.29) is 17.4 Å². The van der Waals surface area contributed by atoms with E-state index in [0.29, 0.717) is 35.9 Å². The van der Waals surface area contributed by atoms with Crippen molar-refractivity contribution < 1.29 is 24.2 Å². The number of nitrogens with zero attached hydrogens (tertiary/aromatic N) is 1. The molecule has 1 aromatic heterocycles. The molecule has 1 unspecified atom stereocenters. The Kier molecular flexibility index (Phi) is 7.18. The van der Waals surface area contributed by atoms with Gasteiger partial charge < -0.3 is 19.5 Å². The normalized spacial score (nSPS) is 18.4. The zero-order valence-corrected chi connectivity index (χ0v) is 18.6. The number of hydrogen-bond donors (Lipinski definition) is 1. The average molecular weight is 450 g/mol. The van der Waals surface area contributed by atoms with Crippen LogP contribution >= 0.6 is 22.9 Å². The Morgan fingerprint density at radius 3 is 2.67 bits per heavy atom. The van der Waals surface area contributed by atoms with Crippen LogP contribution in [-0.2, 0) is 14.3 Å². The van der Waals surface area contributed by atoms with Gasteiger partial charge in [-0.05, 0) is 49.9 Å². The second-order valence-corrected chi connectivity index (χ2v) is 8.52. The second-order valence-electron chi connectivity index (χ2n) is 7.13. The maximum Gasteiger partial charge on any atom is 0.295 e. The van der Waals surface area contributed by atoms with Crippen molar-refractivity contribution >= 4 is 40.4 Å². The molecule has 0 saturated carbocycles. The van der Waals surface area contributed by atoms with Crippen molar-refractivity contribution in [1.82, 2.24) is 4.90 Å². The summed E-state index contributed by atoms with van der Waals surface area (Å²) in [4.78, 5) is 28.0. The van der Waals surface area contributed by atoms with Crippen LogP contribution < -0.4 is 4.74 Å². The lowest BCUT2D eigenvalue weighted by Crippen LogP contribution is -2.31. The number of Topliss-reactive ketones (excluding diaryl/α,β-unsaturated/α-hetero) is 1. The third-order valence-corrected chi connectivity index (χ3v) is 5.99. The fraction of sp³-hybridized carbons (Fsp3) is 0.364. The quantitative estimate of drug-likeness (QED) is 0.275. The van der Waals surface area contributed by atoms with Crippen LogP contribution in [0.2, 0.25) is 5.02 Å². The standard InChI is InChI=1S/C22H24ClNO5S/c1-13(2)29-10-5-9-24-19(17-6-4-11-30-17)18(21(26)22(24)27)20(25)14-7-8-16(28-3)15(23)12-14/h4,6-8,11-13,19,25H,5,9-10H2,1-3H3/b20-18-. The Morgan fingerprint density at radius 1 is 1.30 bits per heavy atom. The van der Waals surface area contributed by atoms with E-state index < -0.39 is 17.7 Å². The summed E-state index contributed by atoms with van der Waals surface area (Å²) in [5, 5.41) is 13.2. The fourth-order valence-electron chi connectivity index (χ4n) is 3.38. The third-order valence-electron chi connectivity index (χ3n) is 4.77. The van der Waals surface area contributed by atoms with E-state index in [0.717, 1.165) is 4.88 Å². The molecule has 30 heavy (non-hydrogen) atoms. The van der Waals surface area contributed by atoms with Gasteiger partial charge in [-0.15, -0.1) is 11.3 Å². The fourth-order valence-corrected chi connectivity index (χ4v) is 4.48. The van der Waals surface area contributed by atoms with Crippen LogP contribution in [0.3, 0.4) is 0 Å². The molecule has 160 valence electrons. The molecule has 1 saturated heterocycles. The van der Waals surface area contributed by atoms with Crippen LogP contribution in [0.25, 0.3) is 5.76 Å². The van der Waals surface area contributed by atoms with Gasteiger partial charge >= 0.3 is 0 Å². The molecular weight excluding hydrogens is 426 g/mol. The number of methoxy groups -OCH3 is 1. The molecule has 0 spiro atoms. The number of benzene rings is 1. The molecule has 8 heteroatoms. The van der Waals surface area contributed by atoms with Gasteiger partial charge in [0.2, 0.25) is 0 Å². The molecule has 0 bridgehead atoms. The number of thiophene rings is 1. The van der Waals surface area contributed by atoms with E-state index in [1.54, 1.807) is 12.1 Å². The van der Waals surface area contributed by atoms with E-state index in [4.69, 9.17) is 21.1 Å². The summed E-state index contributed by atoms with van der Waals surface area (Å²) in [6, 6.07) is 7.79. The number of likely N-dealkylation sites (tertiary alicyclic amines) is 1. The molecule has 6 nitrogen and oxygen atoms in total. The minimum atomic E-state index is -0.706. The van der Waals surface area contributed by atoms with Crippen LogP contribution in [-0.4, -0.2) is 48.1 Å². The van der Waals surface area contributed by atoms with Gasteiger partial charge in [0.1, 0.15) is 11.5 Å². The predicted molar refractivity (Wildman–Crippen MR) is 117 cm³/mol. The molecule has 1 aliphatic rings. The molecular formula is C22H24ClNO5S. The Bertz CT molecular complexity index is 954. The molecule has 2 heterocycles. The van der Waals surface area contributed by atoms with Gasteiger partial charge in [-0.1, -0.05) is 17.7 Å². The Balaban J connectivity index is 1.99. The summed E-state index contributed by atoms with van der Waals surface area (Å²) in [5.74, 6) is -1.13. The number of hydrogen-bond acceptors (Lipinski definition) is 6. The molecule has 0 aliphatic carbocycles. The van der Waals surface area contributed by atoms with Crippen molar-refractivity contribution in [3.8, 4) is 5.75 Å². The molecule has 1 N–H and O–H groups in total. The molecule has 3 rings (SSSR count). The number of rotatable bonds is 8. The molecule has 1 atom stereocenters. The van der Waals surface area contributed by atoms with Gasteiger partial charge in [-0.3, -0.25) is 9.59 Å². The van der Waals surface area contributed by atoms with Crippen LogP contribution in [0.4, 0.5) is 0 Å². The molecule has 1 aliphatic heterocycles. The number of carbonyl (C=O) groups excluding carboxylic acids is 2. The Hall–Kier alpha value is -2.35. The van der Waals surface area contributed by atoms with Crippen molar-refractivity contribution in [2.45, 2.75) is 32.4 Å². The van der Waals surface area contributed by atoms with Gasteiger partial charge in [-0.25, -0.2) is 0 Å². The van der Waals surface area contributed by atoms with Crippen LogP contribution in [0.5, 0.6) is 5.75 Å². The highest BCUT2D eigenvalue weighted by molar-refractivity contribution is 7.10. The highest BCUT2D eigenvalue weighted by Crippen LogP contribution is 2.41. The minimum absolute atomic E-state index is 0.0634. The van der Waals surface area contributed by atoms with Gasteiger partial charge in [-0.2, -0.15) is 0 Å². The predicted octanol–water partition coefficient (Wildman–Crippen LogP) is 4.65. The smallest absolute Gasteiger partial charge is 0.295 e. The van der Waals surface area contributed by atoms with Crippen molar-refractivity contribution in [3.05, 3.63) is 56.7 Å². The average Bonchev–Trinajstić information content (AvgIpc) is 3.32. The van der Waals surface area contributed by atoms with Crippen molar-refractivity contribution in [1.29, 1.82) is 0 Å². The molecule has 1 amide bonds. The summed E-state index contributed by atoms with van der Waals surface area (Å²) in [6.07, 6.45) is 0.676. The summed E-state index contributed by atoms with van der Waals surface area (Å²) >= 11 is 7.62. The Morgan fingerprint density at radius 2 is 2.07 bits per heavy atom. The lowest BCUT2D eigenvalue weighted by molar-refractivity contribution is -0.140. The number of carbonyl (C=O) groups is 2. The summed E-state index contributed by atoms with van der Waals surface area (Å²) in [5.41, 5.74) is 0.414. The van der Waals surface area contributed by atoms with E-state index in [9.17, 15) is 14.7 Å². The number of aliphatic hydroxyl groups is 1. The summed E-state index contributed by atoms with van der Waals surface area (Å²) in [7, 11) is 1.49. The summed E-state index contributed by atoms with van der Waals surface area (Å²) < 4.78 is 10.7. The molecule has 1 aromatic carbocycles. The highest BCUT2D eigenvalue weighted by Gasteiger charge is 2.46. The van der Waals surface area contributed by atoms with Crippen LogP contribution in [0, 0.1) is 0 Å². The first-order valence-corrected chi connectivity index (χ1v) is 10.9. The lowest BCUT2D eigenvalue weighted by atomic mass is 9.99. The van der Waals surface area contributed by atoms with E-state index in [1.807, 2.05) is 31.4 Å². The van der Waals surface area contributed by atoms with Crippen LogP contribution in [0.15, 0.2) is 41.3 Å². The lowest BCUT2D eigenvalue weighted by Gasteiger charge is -2.24. The molecule has 0 radical (unpaired) electrons. The second kappa shape index (κ2) is 9.64. The first kappa shape index (κ1) is 22.3. The number of halogens is 1. The van der Waals surface area contributed by atoms with Crippen molar-refractivity contribution in [2.24, 2.45) is 0 Å². The monoisotopic (exact) mass is 449 g/mol. The van der Waals surface area contributed by atoms with E-state index in [2.05, 4.69) is 0 Å². The van der Waals surface area contributed by atoms with Crippen LogP contribution in [0.1, 0.15) is 36.8 Å². The Labute approximate surface area is 184 Å². The molecule has 2 aromatic rings. The topological polar surface area (TPSA) is 76.1 Å². The largest absolute Gasteiger partial charge is 0.507 e. The van der Waals surface area contributed by atoms with Gasteiger partial charge in [0, 0.05) is 23.6 Å². The number of amides is 1. The first-order chi connectivity index (χ1) is 14.3. The minimum Gasteiger partial charge on any atom is -0.507 e. The number of ketones is 1. The number of aliphatic hydroxyl groups excluding tert-OH is 1. The number of ether oxygens (including phenoxy) is 2. The van der Waals surface area contributed by atoms with Crippen molar-refractivity contribution in [3.63, 3.8) is 0 Å². The first-order valence-electron chi connectivity index (χ1n) is 9.62. The zero-order chi connectivity index (χ0) is 21.8. The molecule has 1 fully saturated rings.